The number of carboxylic acids is 1. The van der Waals surface area contributed by atoms with Crippen molar-refractivity contribution in [2.24, 2.45) is 5.73 Å². The summed E-state index contributed by atoms with van der Waals surface area (Å²) in [4.78, 5) is 10.6. The highest BCUT2D eigenvalue weighted by atomic mass is 16.4. The largest absolute Gasteiger partial charge is 0.478 e. The van der Waals surface area contributed by atoms with E-state index in [4.69, 9.17) is 10.8 Å². The lowest BCUT2D eigenvalue weighted by Gasteiger charge is -2.08. The lowest BCUT2D eigenvalue weighted by molar-refractivity contribution is 0.0697. The van der Waals surface area contributed by atoms with Crippen LogP contribution in [0.2, 0.25) is 0 Å². The Morgan fingerprint density at radius 1 is 1.50 bits per heavy atom. The predicted molar refractivity (Wildman–Crippen MR) is 55.1 cm³/mol. The molecule has 0 saturated carbocycles. The molecule has 0 spiro atoms. The van der Waals surface area contributed by atoms with Crippen molar-refractivity contribution in [1.82, 2.24) is 0 Å². The molecule has 3 heteroatoms. The molecule has 14 heavy (non-hydrogen) atoms. The molecule has 0 aliphatic carbocycles. The second kappa shape index (κ2) is 4.58. The fourth-order valence-corrected chi connectivity index (χ4v) is 1.19. The Balaban J connectivity index is 2.82. The summed E-state index contributed by atoms with van der Waals surface area (Å²) >= 11 is 0. The second-order valence-corrected chi connectivity index (χ2v) is 3.06. The van der Waals surface area contributed by atoms with E-state index in [9.17, 15) is 4.79 Å². The van der Waals surface area contributed by atoms with E-state index in [0.717, 1.165) is 5.56 Å². The van der Waals surface area contributed by atoms with E-state index in [0.29, 0.717) is 6.42 Å². The Morgan fingerprint density at radius 2 is 2.07 bits per heavy atom. The van der Waals surface area contributed by atoms with Crippen molar-refractivity contribution in [3.63, 3.8) is 0 Å². The summed E-state index contributed by atoms with van der Waals surface area (Å²) in [5.41, 5.74) is 7.02. The first kappa shape index (κ1) is 10.5. The summed E-state index contributed by atoms with van der Waals surface area (Å²) < 4.78 is 0. The monoisotopic (exact) mass is 191 g/mol. The van der Waals surface area contributed by atoms with E-state index < -0.39 is 5.97 Å². The summed E-state index contributed by atoms with van der Waals surface area (Å²) in [5, 5.41) is 8.67. The van der Waals surface area contributed by atoms with E-state index in [1.54, 1.807) is 30.3 Å². The topological polar surface area (TPSA) is 63.3 Å². The van der Waals surface area contributed by atoms with E-state index in [1.807, 2.05) is 0 Å². The van der Waals surface area contributed by atoms with E-state index >= 15 is 0 Å². The maximum absolute atomic E-state index is 10.6. The average Bonchev–Trinajstić information content (AvgIpc) is 2.18. The van der Waals surface area contributed by atoms with Crippen LogP contribution >= 0.6 is 0 Å². The number of rotatable bonds is 4. The van der Waals surface area contributed by atoms with Gasteiger partial charge in [0.1, 0.15) is 0 Å². The van der Waals surface area contributed by atoms with Crippen molar-refractivity contribution in [3.05, 3.63) is 48.0 Å². The van der Waals surface area contributed by atoms with Crippen LogP contribution in [-0.2, 0) is 0 Å². The molecule has 1 aromatic rings. The van der Waals surface area contributed by atoms with E-state index in [1.165, 1.54) is 0 Å². The summed E-state index contributed by atoms with van der Waals surface area (Å²) in [6, 6.07) is 6.48. The summed E-state index contributed by atoms with van der Waals surface area (Å²) in [5.74, 6) is -0.922. The molecule has 0 radical (unpaired) electrons. The molecule has 0 bridgehead atoms. The Bertz CT molecular complexity index is 330. The minimum Gasteiger partial charge on any atom is -0.478 e. The van der Waals surface area contributed by atoms with Gasteiger partial charge in [-0.05, 0) is 24.1 Å². The van der Waals surface area contributed by atoms with Crippen LogP contribution in [0.1, 0.15) is 28.4 Å². The van der Waals surface area contributed by atoms with Gasteiger partial charge >= 0.3 is 5.97 Å². The van der Waals surface area contributed by atoms with Gasteiger partial charge in [0.15, 0.2) is 0 Å². The fraction of sp³-hybridized carbons (Fsp3) is 0.182. The van der Waals surface area contributed by atoms with E-state index in [2.05, 4.69) is 6.58 Å². The first-order chi connectivity index (χ1) is 6.65. The summed E-state index contributed by atoms with van der Waals surface area (Å²) in [7, 11) is 0. The molecule has 0 aliphatic rings. The highest BCUT2D eigenvalue weighted by molar-refractivity contribution is 5.87. The normalized spacial score (nSPS) is 12.1. The maximum Gasteiger partial charge on any atom is 0.335 e. The molecule has 0 aliphatic heterocycles. The van der Waals surface area contributed by atoms with Crippen molar-refractivity contribution >= 4 is 5.97 Å². The number of hydrogen-bond donors (Lipinski definition) is 2. The molecule has 1 atom stereocenters. The van der Waals surface area contributed by atoms with Gasteiger partial charge in [-0.3, -0.25) is 0 Å². The molecule has 0 unspecified atom stereocenters. The van der Waals surface area contributed by atoms with Gasteiger partial charge in [-0.25, -0.2) is 4.79 Å². The summed E-state index contributed by atoms with van der Waals surface area (Å²) in [6.07, 6.45) is 2.43. The van der Waals surface area contributed by atoms with Gasteiger partial charge in [0, 0.05) is 6.04 Å². The average molecular weight is 191 g/mol. The fourth-order valence-electron chi connectivity index (χ4n) is 1.19. The minimum absolute atomic E-state index is 0.102. The third-order valence-corrected chi connectivity index (χ3v) is 2.01. The smallest absolute Gasteiger partial charge is 0.335 e. The minimum atomic E-state index is -0.922. The van der Waals surface area contributed by atoms with Gasteiger partial charge in [0.25, 0.3) is 0 Å². The van der Waals surface area contributed by atoms with Gasteiger partial charge < -0.3 is 10.8 Å². The number of nitrogens with two attached hydrogens (primary N) is 1. The van der Waals surface area contributed by atoms with Crippen LogP contribution in [0, 0.1) is 0 Å². The van der Waals surface area contributed by atoms with Crippen LogP contribution in [0.15, 0.2) is 36.9 Å². The predicted octanol–water partition coefficient (Wildman–Crippen LogP) is 1.96. The van der Waals surface area contributed by atoms with Crippen LogP contribution in [0.25, 0.3) is 0 Å². The first-order valence-electron chi connectivity index (χ1n) is 4.35. The lowest BCUT2D eigenvalue weighted by Crippen LogP contribution is -2.09. The van der Waals surface area contributed by atoms with Crippen molar-refractivity contribution in [2.45, 2.75) is 12.5 Å². The van der Waals surface area contributed by atoms with Gasteiger partial charge in [-0.15, -0.1) is 6.58 Å². The number of carbonyl (C=O) groups is 1. The molecule has 0 aromatic heterocycles. The Hall–Kier alpha value is -1.61. The zero-order valence-electron chi connectivity index (χ0n) is 7.81. The van der Waals surface area contributed by atoms with Crippen molar-refractivity contribution < 1.29 is 9.90 Å². The van der Waals surface area contributed by atoms with Gasteiger partial charge in [-0.2, -0.15) is 0 Å². The third kappa shape index (κ3) is 2.44. The van der Waals surface area contributed by atoms with Crippen LogP contribution in [0.5, 0.6) is 0 Å². The highest BCUT2D eigenvalue weighted by Crippen LogP contribution is 2.14. The second-order valence-electron chi connectivity index (χ2n) is 3.06. The zero-order valence-corrected chi connectivity index (χ0v) is 7.81. The number of benzene rings is 1. The SMILES string of the molecule is C=CC[C@H](N)c1ccc(C(=O)O)cc1. The molecule has 74 valence electrons. The molecule has 0 amide bonds. The van der Waals surface area contributed by atoms with Gasteiger partial charge in [0.05, 0.1) is 5.56 Å². The lowest BCUT2D eigenvalue weighted by atomic mass is 10.0. The quantitative estimate of drug-likeness (QED) is 0.715. The molecule has 3 N–H and O–H groups in total. The highest BCUT2D eigenvalue weighted by Gasteiger charge is 2.05. The Morgan fingerprint density at radius 3 is 2.50 bits per heavy atom. The molecule has 0 saturated heterocycles. The Kier molecular flexibility index (Phi) is 3.42. The number of carboxylic acid groups (broad SMARTS) is 1. The standard InChI is InChI=1S/C11H13NO2/c1-2-3-10(12)8-4-6-9(7-5-8)11(13)14/h2,4-7,10H,1,3,12H2,(H,13,14)/t10-/m0/s1. The van der Waals surface area contributed by atoms with Crippen LogP contribution in [0.4, 0.5) is 0 Å². The molecule has 1 aromatic carbocycles. The first-order valence-corrected chi connectivity index (χ1v) is 4.35. The van der Waals surface area contributed by atoms with Crippen molar-refractivity contribution in [1.29, 1.82) is 0 Å². The van der Waals surface area contributed by atoms with Gasteiger partial charge in [-0.1, -0.05) is 18.2 Å². The molecule has 0 fully saturated rings. The van der Waals surface area contributed by atoms with Crippen LogP contribution in [-0.4, -0.2) is 11.1 Å². The molecule has 3 nitrogen and oxygen atoms in total. The number of hydrogen-bond acceptors (Lipinski definition) is 2. The molecular weight excluding hydrogens is 178 g/mol. The van der Waals surface area contributed by atoms with Crippen molar-refractivity contribution in [3.8, 4) is 0 Å². The maximum atomic E-state index is 10.6. The number of aromatic carboxylic acids is 1. The zero-order chi connectivity index (χ0) is 10.6. The summed E-state index contributed by atoms with van der Waals surface area (Å²) in [6.45, 7) is 3.60. The molecule has 1 rings (SSSR count). The molecule has 0 heterocycles. The molecular formula is C11H13NO2. The third-order valence-electron chi connectivity index (χ3n) is 2.01. The Labute approximate surface area is 82.9 Å². The van der Waals surface area contributed by atoms with Crippen LogP contribution < -0.4 is 5.73 Å². The van der Waals surface area contributed by atoms with Gasteiger partial charge in [0.2, 0.25) is 0 Å². The van der Waals surface area contributed by atoms with Crippen molar-refractivity contribution in [2.75, 3.05) is 0 Å². The van der Waals surface area contributed by atoms with E-state index in [-0.39, 0.29) is 11.6 Å². The van der Waals surface area contributed by atoms with Crippen LogP contribution in [0.3, 0.4) is 0 Å².